The molecule has 2 N–H and O–H groups in total. The molecule has 73 heavy (non-hydrogen) atoms. The van der Waals surface area contributed by atoms with Crippen LogP contribution in [0.5, 0.6) is 5.75 Å². The Morgan fingerprint density at radius 3 is 2.14 bits per heavy atom. The van der Waals surface area contributed by atoms with E-state index in [-0.39, 0.29) is 52.9 Å². The molecule has 0 spiro atoms. The van der Waals surface area contributed by atoms with Gasteiger partial charge in [-0.05, 0) is 86.9 Å². The topological polar surface area (TPSA) is 247 Å². The highest BCUT2D eigenvalue weighted by Crippen LogP contribution is 2.41. The van der Waals surface area contributed by atoms with Gasteiger partial charge in [-0.25, -0.2) is 33.5 Å². The first-order chi connectivity index (χ1) is 34.1. The van der Waals surface area contributed by atoms with Crippen molar-refractivity contribution < 1.29 is 71.3 Å². The maximum Gasteiger partial charge on any atom is 0.414 e. The maximum atomic E-state index is 14.3. The molecule has 1 aromatic carbocycles. The highest BCUT2D eigenvalue weighted by molar-refractivity contribution is 8.00. The van der Waals surface area contributed by atoms with Crippen LogP contribution in [0.2, 0.25) is 4.34 Å². The van der Waals surface area contributed by atoms with Crippen molar-refractivity contribution in [1.82, 2.24) is 20.1 Å². The number of nitrogens with zero attached hydrogens (tertiary/aromatic N) is 6. The van der Waals surface area contributed by atoms with Gasteiger partial charge in [0, 0.05) is 43.6 Å². The van der Waals surface area contributed by atoms with Gasteiger partial charge in [-0.3, -0.25) is 24.7 Å². The van der Waals surface area contributed by atoms with Crippen LogP contribution in [0.1, 0.15) is 80.5 Å². The molecule has 0 unspecified atom stereocenters. The van der Waals surface area contributed by atoms with Crippen LogP contribution in [0.15, 0.2) is 65.2 Å². The lowest BCUT2D eigenvalue weighted by atomic mass is 10.0. The van der Waals surface area contributed by atoms with Gasteiger partial charge >= 0.3 is 38.3 Å². The molecule has 394 valence electrons. The summed E-state index contributed by atoms with van der Waals surface area (Å²) in [6.07, 6.45) is 0.0490. The lowest BCUT2D eigenvalue weighted by Gasteiger charge is -2.49. The lowest BCUT2D eigenvalue weighted by molar-refractivity contribution is -0.689. The van der Waals surface area contributed by atoms with Gasteiger partial charge in [0.1, 0.15) is 56.3 Å². The van der Waals surface area contributed by atoms with Gasteiger partial charge < -0.3 is 43.4 Å². The number of hydrogen-bond acceptors (Lipinski definition) is 18. The standard InChI is InChI=1S/C47H60BClN8O14S2/c1-26(39(60)70-48)71-53-32(31-35(49)73-41(51-31)52-42(62)67-45(2,3)4)36(58)50-33-37(59)57-34(40(61)66-24-27-13-15-30(65-12)16-14-27)28(25-72-38(33)57)23-55-19-17-29(18-20-55)56(44(64)69-47(8,9)10)22-21-54(11)43(63)68-46(5,6)7/h13-20,26,33,38H,21-25,48H2,1-12H3,(H-,50,51,52,58,62)/p+1/b53-32-/t26-,33+,38+/m0/s1. The third-order valence-corrected chi connectivity index (χ3v) is 12.6. The van der Waals surface area contributed by atoms with Crippen molar-refractivity contribution in [2.24, 2.45) is 5.16 Å². The van der Waals surface area contributed by atoms with Gasteiger partial charge in [0.05, 0.1) is 12.8 Å². The number of oxime groups is 1. The van der Waals surface area contributed by atoms with Crippen LogP contribution in [0.3, 0.4) is 0 Å². The highest BCUT2D eigenvalue weighted by Gasteiger charge is 2.55. The van der Waals surface area contributed by atoms with Crippen LogP contribution >= 0.6 is 34.7 Å². The summed E-state index contributed by atoms with van der Waals surface area (Å²) in [6.45, 7) is 17.0. The number of ether oxygens (including phenoxy) is 5. The Hall–Kier alpha value is -6.60. The van der Waals surface area contributed by atoms with Crippen molar-refractivity contribution in [3.8, 4) is 5.75 Å². The Labute approximate surface area is 437 Å². The molecule has 1 saturated heterocycles. The number of pyridine rings is 1. The number of nitrogens with one attached hydrogen (secondary N) is 2. The van der Waals surface area contributed by atoms with Gasteiger partial charge in [0.2, 0.25) is 6.10 Å². The number of anilines is 2. The number of halogens is 1. The van der Waals surface area contributed by atoms with Gasteiger partial charge in [0.15, 0.2) is 29.8 Å². The molecule has 22 nitrogen and oxygen atoms in total. The van der Waals surface area contributed by atoms with E-state index in [1.807, 2.05) is 0 Å². The molecule has 0 radical (unpaired) electrons. The Kier molecular flexibility index (Phi) is 18.8. The number of amides is 5. The first kappa shape index (κ1) is 57.3. The number of thiazole rings is 1. The van der Waals surface area contributed by atoms with Crippen LogP contribution in [0, 0.1) is 0 Å². The minimum atomic E-state index is -1.29. The van der Waals surface area contributed by atoms with Crippen molar-refractivity contribution in [3.63, 3.8) is 0 Å². The van der Waals surface area contributed by atoms with Gasteiger partial charge in [-0.15, -0.1) is 11.8 Å². The molecule has 26 heteroatoms. The molecule has 5 rings (SSSR count). The fourth-order valence-corrected chi connectivity index (χ4v) is 9.01. The zero-order chi connectivity index (χ0) is 54.2. The molecule has 2 aliphatic rings. The summed E-state index contributed by atoms with van der Waals surface area (Å²) in [5, 5.41) is 8.14. The van der Waals surface area contributed by atoms with E-state index in [9.17, 15) is 33.6 Å². The quantitative estimate of drug-likeness (QED) is 0.0329. The van der Waals surface area contributed by atoms with Crippen LogP contribution in [0.4, 0.5) is 25.2 Å². The number of rotatable bonds is 17. The molecule has 1 fully saturated rings. The molecular formula is C47H61BClN8O14S2+. The largest absolute Gasteiger partial charge is 0.541 e. The van der Waals surface area contributed by atoms with E-state index in [4.69, 9.17) is 44.8 Å². The Morgan fingerprint density at radius 1 is 0.932 bits per heavy atom. The average molecular weight is 1070 g/mol. The van der Waals surface area contributed by atoms with Crippen LogP contribution in [0.25, 0.3) is 0 Å². The van der Waals surface area contributed by atoms with Crippen molar-refractivity contribution in [2.45, 2.75) is 117 Å². The fourth-order valence-electron chi connectivity index (χ4n) is 6.65. The molecule has 0 aliphatic carbocycles. The van der Waals surface area contributed by atoms with Gasteiger partial charge in [-0.2, -0.15) is 0 Å². The predicted octanol–water partition coefficient (Wildman–Crippen LogP) is 5.35. The third kappa shape index (κ3) is 15.9. The minimum absolute atomic E-state index is 0.0329. The minimum Gasteiger partial charge on any atom is -0.541 e. The molecule has 4 heterocycles. The Bertz CT molecular complexity index is 2610. The molecule has 0 bridgehead atoms. The monoisotopic (exact) mass is 1070 g/mol. The highest BCUT2D eigenvalue weighted by atomic mass is 35.5. The molecule has 2 aliphatic heterocycles. The van der Waals surface area contributed by atoms with Crippen LogP contribution < -0.4 is 24.8 Å². The summed E-state index contributed by atoms with van der Waals surface area (Å²) < 4.78 is 33.9. The van der Waals surface area contributed by atoms with E-state index in [0.29, 0.717) is 22.6 Å². The predicted molar refractivity (Wildman–Crippen MR) is 273 cm³/mol. The zero-order valence-corrected chi connectivity index (χ0v) is 45.4. The molecular weight excluding hydrogens is 1010 g/mol. The number of esters is 1. The maximum absolute atomic E-state index is 14.3. The van der Waals surface area contributed by atoms with E-state index in [1.54, 1.807) is 123 Å². The molecule has 0 saturated carbocycles. The lowest BCUT2D eigenvalue weighted by Crippen LogP contribution is -2.71. The van der Waals surface area contributed by atoms with E-state index in [1.165, 1.54) is 40.5 Å². The number of fused-ring (bicyclic) bond motifs is 1. The van der Waals surface area contributed by atoms with Crippen LogP contribution in [-0.2, 0) is 60.8 Å². The summed E-state index contributed by atoms with van der Waals surface area (Å²) in [6, 6.07) is 9.03. The number of likely N-dealkylation sites (N-methyl/N-ethyl adjacent to an activating group) is 1. The SMILES string of the molecule is BOC(=O)[C@H](C)O/N=C(\C(=O)N[C@@H]1C(=O)N2C(C(=O)OCc3ccc(OC)cc3)=C(C[n+]3ccc(N(CCN(C)C(=O)OC(C)(C)C)C(=O)OC(C)(C)C)cc3)CS[C@H]12)c1nc(NC(=O)OC(C)(C)C)sc1Cl. The van der Waals surface area contributed by atoms with Crippen molar-refractivity contribution in [2.75, 3.05) is 43.2 Å². The Balaban J connectivity index is 1.43. The van der Waals surface area contributed by atoms with Crippen molar-refractivity contribution in [1.29, 1.82) is 0 Å². The number of methoxy groups -OCH3 is 1. The fraction of sp³-hybridized carbons (Fsp3) is 0.489. The normalized spacial score (nSPS) is 16.2. The summed E-state index contributed by atoms with van der Waals surface area (Å²) in [5.74, 6) is -2.47. The van der Waals surface area contributed by atoms with Crippen LogP contribution in [-0.4, -0.2) is 138 Å². The number of thioether (sulfide) groups is 1. The summed E-state index contributed by atoms with van der Waals surface area (Å²) >= 11 is 8.59. The van der Waals surface area contributed by atoms with Crippen molar-refractivity contribution >= 4 is 101 Å². The number of carbonyl (C=O) groups excluding carboxylic acids is 7. The summed E-state index contributed by atoms with van der Waals surface area (Å²) in [4.78, 5) is 107. The zero-order valence-electron chi connectivity index (χ0n) is 43.0. The molecule has 5 amide bonds. The first-order valence-corrected chi connectivity index (χ1v) is 25.0. The van der Waals surface area contributed by atoms with E-state index in [0.717, 1.165) is 19.4 Å². The third-order valence-electron chi connectivity index (χ3n) is 10.1. The molecule has 3 atom stereocenters. The first-order valence-electron chi connectivity index (χ1n) is 22.8. The summed E-state index contributed by atoms with van der Waals surface area (Å²) in [7, 11) is 4.24. The second kappa shape index (κ2) is 24.0. The van der Waals surface area contributed by atoms with Gasteiger partial charge in [-0.1, -0.05) is 40.2 Å². The summed E-state index contributed by atoms with van der Waals surface area (Å²) in [5.41, 5.74) is -1.61. The van der Waals surface area contributed by atoms with Gasteiger partial charge in [0.25, 0.3) is 11.8 Å². The average Bonchev–Trinajstić information content (AvgIpc) is 3.66. The molecule has 2 aromatic heterocycles. The van der Waals surface area contributed by atoms with E-state index < -0.39 is 82.1 Å². The van der Waals surface area contributed by atoms with E-state index >= 15 is 0 Å². The Morgan fingerprint density at radius 2 is 1.55 bits per heavy atom. The number of hydrogen-bond donors (Lipinski definition) is 2. The number of carbonyl (C=O) groups is 7. The second-order valence-corrected chi connectivity index (χ2v) is 22.2. The number of β-lactam (4-membered cyclic amide) rings is 1. The second-order valence-electron chi connectivity index (χ2n) is 19.5. The van der Waals surface area contributed by atoms with E-state index in [2.05, 4.69) is 20.8 Å². The van der Waals surface area contributed by atoms with Crippen molar-refractivity contribution in [3.05, 3.63) is 75.7 Å². The number of benzene rings is 1. The number of aromatic nitrogens is 2. The molecule has 3 aromatic rings. The smallest absolute Gasteiger partial charge is 0.414 e.